The average Bonchev–Trinajstić information content (AvgIpc) is 2.28. The SMILES string of the molecule is CCCN(CCC)c1c(F)cccc1CN. The summed E-state index contributed by atoms with van der Waals surface area (Å²) >= 11 is 0. The molecule has 0 radical (unpaired) electrons. The fraction of sp³-hybridized carbons (Fsp3) is 0.538. The minimum absolute atomic E-state index is 0.162. The van der Waals surface area contributed by atoms with E-state index >= 15 is 0 Å². The molecule has 2 N–H and O–H groups in total. The van der Waals surface area contributed by atoms with Crippen molar-refractivity contribution in [1.82, 2.24) is 0 Å². The third-order valence-corrected chi connectivity index (χ3v) is 2.59. The number of nitrogens with two attached hydrogens (primary N) is 1. The summed E-state index contributed by atoms with van der Waals surface area (Å²) in [6.45, 7) is 6.35. The van der Waals surface area contributed by atoms with Gasteiger partial charge in [-0.3, -0.25) is 0 Å². The highest BCUT2D eigenvalue weighted by Gasteiger charge is 2.13. The lowest BCUT2D eigenvalue weighted by molar-refractivity contribution is 0.610. The number of hydrogen-bond acceptors (Lipinski definition) is 2. The summed E-state index contributed by atoms with van der Waals surface area (Å²) in [6, 6.07) is 5.13. The van der Waals surface area contributed by atoms with E-state index in [1.54, 1.807) is 6.07 Å². The third-order valence-electron chi connectivity index (χ3n) is 2.59. The summed E-state index contributed by atoms with van der Waals surface area (Å²) in [5.74, 6) is -0.162. The first-order valence-electron chi connectivity index (χ1n) is 5.97. The molecule has 0 bridgehead atoms. The predicted octanol–water partition coefficient (Wildman–Crippen LogP) is 2.91. The van der Waals surface area contributed by atoms with E-state index in [0.29, 0.717) is 12.2 Å². The molecule has 0 unspecified atom stereocenters. The van der Waals surface area contributed by atoms with Crippen molar-refractivity contribution in [1.29, 1.82) is 0 Å². The first-order valence-corrected chi connectivity index (χ1v) is 5.97. The Balaban J connectivity index is 3.05. The highest BCUT2D eigenvalue weighted by Crippen LogP contribution is 2.24. The summed E-state index contributed by atoms with van der Waals surface area (Å²) < 4.78 is 13.8. The zero-order valence-corrected chi connectivity index (χ0v) is 10.2. The molecule has 0 amide bonds. The predicted molar refractivity (Wildman–Crippen MR) is 67.1 cm³/mol. The van der Waals surface area contributed by atoms with E-state index < -0.39 is 0 Å². The van der Waals surface area contributed by atoms with Crippen molar-refractivity contribution >= 4 is 5.69 Å². The van der Waals surface area contributed by atoms with E-state index in [-0.39, 0.29) is 5.82 Å². The van der Waals surface area contributed by atoms with Gasteiger partial charge in [0.25, 0.3) is 0 Å². The van der Waals surface area contributed by atoms with E-state index in [9.17, 15) is 4.39 Å². The van der Waals surface area contributed by atoms with Gasteiger partial charge in [0.2, 0.25) is 0 Å². The highest BCUT2D eigenvalue weighted by molar-refractivity contribution is 5.54. The van der Waals surface area contributed by atoms with E-state index in [0.717, 1.165) is 31.5 Å². The molecule has 0 spiro atoms. The maximum Gasteiger partial charge on any atom is 0.146 e. The van der Waals surface area contributed by atoms with Crippen LogP contribution in [0.2, 0.25) is 0 Å². The minimum Gasteiger partial charge on any atom is -0.369 e. The Hall–Kier alpha value is -1.09. The fourth-order valence-corrected chi connectivity index (χ4v) is 1.95. The van der Waals surface area contributed by atoms with Crippen molar-refractivity contribution in [3.63, 3.8) is 0 Å². The number of para-hydroxylation sites is 1. The van der Waals surface area contributed by atoms with Gasteiger partial charge in [0.1, 0.15) is 5.82 Å². The van der Waals surface area contributed by atoms with Gasteiger partial charge in [0.15, 0.2) is 0 Å². The Labute approximate surface area is 97.3 Å². The maximum atomic E-state index is 13.8. The van der Waals surface area contributed by atoms with Gasteiger partial charge in [-0.1, -0.05) is 26.0 Å². The third kappa shape index (κ3) is 2.95. The van der Waals surface area contributed by atoms with Gasteiger partial charge in [-0.05, 0) is 24.5 Å². The first kappa shape index (κ1) is 13.0. The quantitative estimate of drug-likeness (QED) is 0.805. The summed E-state index contributed by atoms with van der Waals surface area (Å²) in [5, 5.41) is 0. The van der Waals surface area contributed by atoms with Gasteiger partial charge >= 0.3 is 0 Å². The number of benzene rings is 1. The van der Waals surface area contributed by atoms with Crippen molar-refractivity contribution in [2.45, 2.75) is 33.2 Å². The summed E-state index contributed by atoms with van der Waals surface area (Å²) in [6.07, 6.45) is 2.02. The van der Waals surface area contributed by atoms with Gasteiger partial charge in [-0.15, -0.1) is 0 Å². The van der Waals surface area contributed by atoms with Gasteiger partial charge < -0.3 is 10.6 Å². The minimum atomic E-state index is -0.162. The van der Waals surface area contributed by atoms with Crippen LogP contribution in [0.4, 0.5) is 10.1 Å². The molecule has 0 aliphatic heterocycles. The summed E-state index contributed by atoms with van der Waals surface area (Å²) in [4.78, 5) is 2.09. The van der Waals surface area contributed by atoms with Crippen molar-refractivity contribution in [2.75, 3.05) is 18.0 Å². The molecular weight excluding hydrogens is 203 g/mol. The fourth-order valence-electron chi connectivity index (χ4n) is 1.95. The van der Waals surface area contributed by atoms with Crippen molar-refractivity contribution < 1.29 is 4.39 Å². The first-order chi connectivity index (χ1) is 7.74. The Kier molecular flexibility index (Phi) is 5.26. The average molecular weight is 224 g/mol. The van der Waals surface area contributed by atoms with Crippen LogP contribution in [0.5, 0.6) is 0 Å². The molecule has 0 saturated heterocycles. The molecule has 1 aromatic rings. The van der Waals surface area contributed by atoms with Crippen LogP contribution in [-0.2, 0) is 6.54 Å². The molecule has 2 nitrogen and oxygen atoms in total. The molecule has 90 valence electrons. The molecule has 3 heteroatoms. The van der Waals surface area contributed by atoms with Crippen LogP contribution >= 0.6 is 0 Å². The second-order valence-electron chi connectivity index (χ2n) is 3.94. The van der Waals surface area contributed by atoms with Crippen LogP contribution in [0.15, 0.2) is 18.2 Å². The lowest BCUT2D eigenvalue weighted by atomic mass is 10.1. The van der Waals surface area contributed by atoms with Crippen LogP contribution in [-0.4, -0.2) is 13.1 Å². The standard InChI is InChI=1S/C13H21FN2/c1-3-8-16(9-4-2)13-11(10-15)6-5-7-12(13)14/h5-7H,3-4,8-10,15H2,1-2H3. The van der Waals surface area contributed by atoms with Crippen LogP contribution in [0, 0.1) is 5.82 Å². The molecule has 0 heterocycles. The Bertz CT molecular complexity index is 320. The molecule has 0 saturated carbocycles. The lowest BCUT2D eigenvalue weighted by Crippen LogP contribution is -2.27. The molecule has 1 aromatic carbocycles. The van der Waals surface area contributed by atoms with Crippen molar-refractivity contribution in [3.8, 4) is 0 Å². The lowest BCUT2D eigenvalue weighted by Gasteiger charge is -2.26. The number of hydrogen-bond donors (Lipinski definition) is 1. The molecule has 0 aromatic heterocycles. The number of nitrogens with zero attached hydrogens (tertiary/aromatic N) is 1. The highest BCUT2D eigenvalue weighted by atomic mass is 19.1. The normalized spacial score (nSPS) is 10.5. The Morgan fingerprint density at radius 2 is 1.81 bits per heavy atom. The zero-order valence-electron chi connectivity index (χ0n) is 10.2. The van der Waals surface area contributed by atoms with Gasteiger partial charge in [-0.2, -0.15) is 0 Å². The van der Waals surface area contributed by atoms with Crippen molar-refractivity contribution in [2.24, 2.45) is 5.73 Å². The Morgan fingerprint density at radius 1 is 1.19 bits per heavy atom. The number of anilines is 1. The smallest absolute Gasteiger partial charge is 0.146 e. The van der Waals surface area contributed by atoms with Gasteiger partial charge in [0, 0.05) is 19.6 Å². The number of rotatable bonds is 6. The second-order valence-corrected chi connectivity index (χ2v) is 3.94. The van der Waals surface area contributed by atoms with Crippen LogP contribution in [0.1, 0.15) is 32.3 Å². The van der Waals surface area contributed by atoms with Crippen molar-refractivity contribution in [3.05, 3.63) is 29.6 Å². The molecule has 0 aliphatic carbocycles. The molecular formula is C13H21FN2. The van der Waals surface area contributed by atoms with Gasteiger partial charge in [-0.25, -0.2) is 4.39 Å². The van der Waals surface area contributed by atoms with Gasteiger partial charge in [0.05, 0.1) is 5.69 Å². The van der Waals surface area contributed by atoms with E-state index in [1.807, 2.05) is 6.07 Å². The number of halogens is 1. The maximum absolute atomic E-state index is 13.8. The van der Waals surface area contributed by atoms with E-state index in [1.165, 1.54) is 6.07 Å². The van der Waals surface area contributed by atoms with E-state index in [2.05, 4.69) is 18.7 Å². The molecule has 0 atom stereocenters. The van der Waals surface area contributed by atoms with E-state index in [4.69, 9.17) is 5.73 Å². The molecule has 1 rings (SSSR count). The summed E-state index contributed by atoms with van der Waals surface area (Å²) in [7, 11) is 0. The Morgan fingerprint density at radius 3 is 2.31 bits per heavy atom. The molecule has 16 heavy (non-hydrogen) atoms. The zero-order chi connectivity index (χ0) is 12.0. The topological polar surface area (TPSA) is 29.3 Å². The monoisotopic (exact) mass is 224 g/mol. The molecule has 0 aliphatic rings. The summed E-state index contributed by atoms with van der Waals surface area (Å²) in [5.41, 5.74) is 7.24. The largest absolute Gasteiger partial charge is 0.369 e. The van der Waals surface area contributed by atoms with Crippen LogP contribution < -0.4 is 10.6 Å². The van der Waals surface area contributed by atoms with Crippen LogP contribution in [0.25, 0.3) is 0 Å². The second kappa shape index (κ2) is 6.48. The molecule has 0 fully saturated rings. The van der Waals surface area contributed by atoms with Crippen LogP contribution in [0.3, 0.4) is 0 Å².